The van der Waals surface area contributed by atoms with Gasteiger partial charge in [0.15, 0.2) is 0 Å². The highest BCUT2D eigenvalue weighted by Crippen LogP contribution is 2.28. The van der Waals surface area contributed by atoms with Crippen LogP contribution >= 0.6 is 0 Å². The number of carbonyl (C=O) groups excluding carboxylic acids is 2. The summed E-state index contributed by atoms with van der Waals surface area (Å²) in [7, 11) is 1.56. The number of carbonyl (C=O) groups is 2. The lowest BCUT2D eigenvalue weighted by Gasteiger charge is -2.22. The van der Waals surface area contributed by atoms with Gasteiger partial charge in [-0.05, 0) is 42.3 Å². The molecule has 8 heteroatoms. The Morgan fingerprint density at radius 2 is 1.76 bits per heavy atom. The minimum absolute atomic E-state index is 0.0739. The molecule has 1 unspecified atom stereocenters. The molecule has 168 valence electrons. The number of anilines is 1. The number of amides is 2. The SMILES string of the molecule is CN1C(=O)C(NC(=O)[C@@H](N)Cc2cccc(F)c2)N=C(c2ccccc2F)c2ccccc21. The second kappa shape index (κ2) is 9.30. The van der Waals surface area contributed by atoms with Crippen LogP contribution in [0, 0.1) is 11.6 Å². The first-order valence-electron chi connectivity index (χ1n) is 10.3. The molecule has 3 aromatic carbocycles. The number of likely N-dealkylation sites (N-methyl/N-ethyl adjacent to an activating group) is 1. The number of nitrogens with two attached hydrogens (primary N) is 1. The van der Waals surface area contributed by atoms with Gasteiger partial charge in [0.1, 0.15) is 11.6 Å². The highest BCUT2D eigenvalue weighted by molar-refractivity contribution is 6.20. The van der Waals surface area contributed by atoms with Crippen molar-refractivity contribution in [2.24, 2.45) is 10.7 Å². The van der Waals surface area contributed by atoms with Crippen LogP contribution in [0.5, 0.6) is 0 Å². The van der Waals surface area contributed by atoms with Gasteiger partial charge in [-0.2, -0.15) is 0 Å². The lowest BCUT2D eigenvalue weighted by molar-refractivity contribution is -0.128. The number of aliphatic imine (C=N–C) groups is 1. The Morgan fingerprint density at radius 1 is 1.06 bits per heavy atom. The number of halogens is 2. The van der Waals surface area contributed by atoms with E-state index in [1.807, 2.05) is 0 Å². The van der Waals surface area contributed by atoms with Crippen molar-refractivity contribution in [1.82, 2.24) is 5.32 Å². The third-order valence-electron chi connectivity index (χ3n) is 5.43. The van der Waals surface area contributed by atoms with E-state index in [4.69, 9.17) is 5.73 Å². The molecule has 0 fully saturated rings. The molecule has 0 aromatic heterocycles. The summed E-state index contributed by atoms with van der Waals surface area (Å²) < 4.78 is 28.1. The molecule has 33 heavy (non-hydrogen) atoms. The number of hydrogen-bond donors (Lipinski definition) is 2. The fourth-order valence-electron chi connectivity index (χ4n) is 3.74. The lowest BCUT2D eigenvalue weighted by Crippen LogP contribution is -2.51. The summed E-state index contributed by atoms with van der Waals surface area (Å²) in [5.41, 5.74) is 8.10. The molecule has 6 nitrogen and oxygen atoms in total. The standard InChI is InChI=1S/C25H22F2N4O2/c1-31-21-12-5-3-10-18(21)22(17-9-2-4-11-19(17)27)29-23(25(31)33)30-24(32)20(28)14-15-7-6-8-16(26)13-15/h2-13,20,23H,14,28H2,1H3,(H,30,32)/t20-,23?/m0/s1. The highest BCUT2D eigenvalue weighted by atomic mass is 19.1. The van der Waals surface area contributed by atoms with Crippen LogP contribution in [-0.2, 0) is 16.0 Å². The van der Waals surface area contributed by atoms with E-state index in [2.05, 4.69) is 10.3 Å². The average Bonchev–Trinajstić information content (AvgIpc) is 2.90. The smallest absolute Gasteiger partial charge is 0.272 e. The topological polar surface area (TPSA) is 87.8 Å². The zero-order valence-electron chi connectivity index (χ0n) is 17.8. The van der Waals surface area contributed by atoms with Gasteiger partial charge in [-0.25, -0.2) is 13.8 Å². The summed E-state index contributed by atoms with van der Waals surface area (Å²) in [5.74, 6) is -2.07. The molecule has 3 N–H and O–H groups in total. The summed E-state index contributed by atoms with van der Waals surface area (Å²) in [6.45, 7) is 0. The van der Waals surface area contributed by atoms with Crippen LogP contribution in [-0.4, -0.2) is 36.8 Å². The predicted molar refractivity (Wildman–Crippen MR) is 122 cm³/mol. The molecule has 2 atom stereocenters. The average molecular weight is 448 g/mol. The Kier molecular flexibility index (Phi) is 6.28. The number of fused-ring (bicyclic) bond motifs is 1. The van der Waals surface area contributed by atoms with Crippen LogP contribution < -0.4 is 16.0 Å². The molecule has 0 spiro atoms. The molecular weight excluding hydrogens is 426 g/mol. The Bertz CT molecular complexity index is 1240. The minimum atomic E-state index is -1.32. The number of rotatable bonds is 5. The van der Waals surface area contributed by atoms with Crippen LogP contribution in [0.3, 0.4) is 0 Å². The van der Waals surface area contributed by atoms with Crippen molar-refractivity contribution in [2.75, 3.05) is 11.9 Å². The molecule has 3 aromatic rings. The summed E-state index contributed by atoms with van der Waals surface area (Å²) >= 11 is 0. The Labute approximate surface area is 189 Å². The molecule has 0 saturated heterocycles. The number of hydrogen-bond acceptors (Lipinski definition) is 4. The van der Waals surface area contributed by atoms with Crippen molar-refractivity contribution in [3.8, 4) is 0 Å². The highest BCUT2D eigenvalue weighted by Gasteiger charge is 2.32. The Morgan fingerprint density at radius 3 is 2.48 bits per heavy atom. The second-order valence-electron chi connectivity index (χ2n) is 7.72. The van der Waals surface area contributed by atoms with Gasteiger partial charge < -0.3 is 16.0 Å². The van der Waals surface area contributed by atoms with Gasteiger partial charge in [0.2, 0.25) is 12.1 Å². The van der Waals surface area contributed by atoms with Gasteiger partial charge in [-0.1, -0.05) is 42.5 Å². The monoisotopic (exact) mass is 448 g/mol. The van der Waals surface area contributed by atoms with Gasteiger partial charge in [0.05, 0.1) is 17.4 Å². The number of benzodiazepines with no additional fused rings is 1. The number of nitrogens with zero attached hydrogens (tertiary/aromatic N) is 2. The van der Waals surface area contributed by atoms with Gasteiger partial charge in [-0.15, -0.1) is 0 Å². The number of para-hydroxylation sites is 1. The van der Waals surface area contributed by atoms with E-state index in [9.17, 15) is 18.4 Å². The van der Waals surface area contributed by atoms with Gasteiger partial charge in [0, 0.05) is 18.2 Å². The maximum Gasteiger partial charge on any atom is 0.272 e. The van der Waals surface area contributed by atoms with E-state index in [-0.39, 0.29) is 17.7 Å². The molecule has 1 aliphatic rings. The van der Waals surface area contributed by atoms with Crippen LogP contribution in [0.15, 0.2) is 77.8 Å². The first kappa shape index (κ1) is 22.3. The number of benzene rings is 3. The molecular formula is C25H22F2N4O2. The molecule has 0 radical (unpaired) electrons. The van der Waals surface area contributed by atoms with Crippen LogP contribution in [0.25, 0.3) is 0 Å². The van der Waals surface area contributed by atoms with Crippen LogP contribution in [0.4, 0.5) is 14.5 Å². The fourth-order valence-corrected chi connectivity index (χ4v) is 3.74. The van der Waals surface area contributed by atoms with E-state index >= 15 is 0 Å². The molecule has 0 saturated carbocycles. The zero-order chi connectivity index (χ0) is 23.5. The lowest BCUT2D eigenvalue weighted by atomic mass is 10.00. The summed E-state index contributed by atoms with van der Waals surface area (Å²) in [5, 5.41) is 2.57. The van der Waals surface area contributed by atoms with Crippen molar-refractivity contribution in [3.63, 3.8) is 0 Å². The van der Waals surface area contributed by atoms with E-state index in [1.54, 1.807) is 55.6 Å². The number of nitrogens with one attached hydrogen (secondary N) is 1. The molecule has 1 heterocycles. The molecule has 1 aliphatic heterocycles. The van der Waals surface area contributed by atoms with Crippen molar-refractivity contribution in [3.05, 3.63) is 101 Å². The third kappa shape index (κ3) is 4.65. The molecule has 4 rings (SSSR count). The third-order valence-corrected chi connectivity index (χ3v) is 5.43. The second-order valence-corrected chi connectivity index (χ2v) is 7.72. The normalized spacial score (nSPS) is 16.5. The van der Waals surface area contributed by atoms with Crippen LogP contribution in [0.1, 0.15) is 16.7 Å². The minimum Gasteiger partial charge on any atom is -0.325 e. The maximum atomic E-state index is 14.7. The summed E-state index contributed by atoms with van der Waals surface area (Å²) in [6, 6.07) is 17.8. The van der Waals surface area contributed by atoms with E-state index < -0.39 is 35.7 Å². The van der Waals surface area contributed by atoms with E-state index in [1.165, 1.54) is 29.2 Å². The zero-order valence-corrected chi connectivity index (χ0v) is 17.8. The summed E-state index contributed by atoms with van der Waals surface area (Å²) in [4.78, 5) is 31.8. The van der Waals surface area contributed by atoms with Crippen molar-refractivity contribution >= 4 is 23.2 Å². The fraction of sp³-hybridized carbons (Fsp3) is 0.160. The largest absolute Gasteiger partial charge is 0.325 e. The van der Waals surface area contributed by atoms with E-state index in [0.717, 1.165) is 0 Å². The quantitative estimate of drug-likeness (QED) is 0.629. The predicted octanol–water partition coefficient (Wildman–Crippen LogP) is 2.79. The van der Waals surface area contributed by atoms with Crippen molar-refractivity contribution in [2.45, 2.75) is 18.6 Å². The van der Waals surface area contributed by atoms with Crippen molar-refractivity contribution in [1.29, 1.82) is 0 Å². The van der Waals surface area contributed by atoms with Crippen molar-refractivity contribution < 1.29 is 18.4 Å². The Balaban J connectivity index is 1.67. The molecule has 0 bridgehead atoms. The van der Waals surface area contributed by atoms with Gasteiger partial charge in [-0.3, -0.25) is 9.59 Å². The summed E-state index contributed by atoms with van der Waals surface area (Å²) in [6.07, 6.45) is -1.24. The van der Waals surface area contributed by atoms with Gasteiger partial charge >= 0.3 is 0 Å². The maximum absolute atomic E-state index is 14.7. The molecule has 0 aliphatic carbocycles. The Hall–Kier alpha value is -3.91. The van der Waals surface area contributed by atoms with Crippen LogP contribution in [0.2, 0.25) is 0 Å². The first-order valence-corrected chi connectivity index (χ1v) is 10.3. The first-order chi connectivity index (χ1) is 15.8. The molecule has 2 amide bonds. The van der Waals surface area contributed by atoms with E-state index in [0.29, 0.717) is 16.8 Å². The van der Waals surface area contributed by atoms with Gasteiger partial charge in [0.25, 0.3) is 5.91 Å².